The molecular formula is C10H12ClNO3. The van der Waals surface area contributed by atoms with E-state index < -0.39 is 12.0 Å². The second kappa shape index (κ2) is 5.00. The van der Waals surface area contributed by atoms with Gasteiger partial charge in [-0.05, 0) is 25.2 Å². The zero-order valence-electron chi connectivity index (χ0n) is 8.20. The van der Waals surface area contributed by atoms with Gasteiger partial charge in [0, 0.05) is 16.6 Å². The first kappa shape index (κ1) is 11.8. The molecule has 82 valence electrons. The lowest BCUT2D eigenvalue weighted by molar-refractivity contribution is -0.137. The third-order valence-corrected chi connectivity index (χ3v) is 2.33. The number of rotatable bonds is 4. The molecule has 0 aromatic heterocycles. The molecule has 0 bridgehead atoms. The first-order valence-electron chi connectivity index (χ1n) is 4.42. The highest BCUT2D eigenvalue weighted by Crippen LogP contribution is 2.28. The van der Waals surface area contributed by atoms with Crippen molar-refractivity contribution in [2.75, 3.05) is 7.05 Å². The quantitative estimate of drug-likeness (QED) is 0.736. The van der Waals surface area contributed by atoms with E-state index in [2.05, 4.69) is 5.32 Å². The Morgan fingerprint density at radius 3 is 2.80 bits per heavy atom. The van der Waals surface area contributed by atoms with Gasteiger partial charge in [-0.3, -0.25) is 4.79 Å². The molecule has 1 aromatic carbocycles. The number of aliphatic carboxylic acids is 1. The van der Waals surface area contributed by atoms with Crippen molar-refractivity contribution in [2.45, 2.75) is 12.5 Å². The summed E-state index contributed by atoms with van der Waals surface area (Å²) in [6.45, 7) is 0. The molecule has 4 nitrogen and oxygen atoms in total. The fourth-order valence-electron chi connectivity index (χ4n) is 1.35. The number of carboxylic acid groups (broad SMARTS) is 1. The first-order chi connectivity index (χ1) is 7.04. The van der Waals surface area contributed by atoms with Gasteiger partial charge in [-0.2, -0.15) is 0 Å². The van der Waals surface area contributed by atoms with Crippen molar-refractivity contribution in [3.8, 4) is 5.75 Å². The van der Waals surface area contributed by atoms with Crippen LogP contribution in [0.5, 0.6) is 5.75 Å². The number of hydrogen-bond donors (Lipinski definition) is 3. The van der Waals surface area contributed by atoms with Crippen LogP contribution >= 0.6 is 11.6 Å². The molecule has 0 fully saturated rings. The lowest BCUT2D eigenvalue weighted by Gasteiger charge is -2.15. The molecular weight excluding hydrogens is 218 g/mol. The highest BCUT2D eigenvalue weighted by Gasteiger charge is 2.17. The molecule has 0 spiro atoms. The van der Waals surface area contributed by atoms with Crippen LogP contribution in [-0.2, 0) is 4.79 Å². The zero-order chi connectivity index (χ0) is 11.4. The summed E-state index contributed by atoms with van der Waals surface area (Å²) in [5.74, 6) is -0.895. The Labute approximate surface area is 92.5 Å². The van der Waals surface area contributed by atoms with Gasteiger partial charge in [-0.15, -0.1) is 0 Å². The molecule has 1 unspecified atom stereocenters. The van der Waals surface area contributed by atoms with Gasteiger partial charge in [0.15, 0.2) is 0 Å². The third kappa shape index (κ3) is 3.11. The monoisotopic (exact) mass is 229 g/mol. The second-order valence-electron chi connectivity index (χ2n) is 3.14. The molecule has 0 aliphatic rings. The van der Waals surface area contributed by atoms with E-state index in [0.29, 0.717) is 10.6 Å². The van der Waals surface area contributed by atoms with E-state index in [4.69, 9.17) is 16.7 Å². The summed E-state index contributed by atoms with van der Waals surface area (Å²) >= 11 is 5.77. The van der Waals surface area contributed by atoms with Gasteiger partial charge in [-0.25, -0.2) is 0 Å². The highest BCUT2D eigenvalue weighted by molar-refractivity contribution is 6.30. The minimum Gasteiger partial charge on any atom is -0.508 e. The maximum absolute atomic E-state index is 10.6. The Balaban J connectivity index is 3.00. The molecule has 0 saturated carbocycles. The fraction of sp³-hybridized carbons (Fsp3) is 0.300. The van der Waals surface area contributed by atoms with Gasteiger partial charge >= 0.3 is 5.97 Å². The Morgan fingerprint density at radius 2 is 2.27 bits per heavy atom. The summed E-state index contributed by atoms with van der Waals surface area (Å²) in [6.07, 6.45) is -0.107. The summed E-state index contributed by atoms with van der Waals surface area (Å²) in [4.78, 5) is 10.6. The Morgan fingerprint density at radius 1 is 1.60 bits per heavy atom. The molecule has 3 N–H and O–H groups in total. The topological polar surface area (TPSA) is 69.6 Å². The van der Waals surface area contributed by atoms with Crippen LogP contribution in [0.4, 0.5) is 0 Å². The normalized spacial score (nSPS) is 12.4. The molecule has 0 amide bonds. The summed E-state index contributed by atoms with van der Waals surface area (Å²) in [5, 5.41) is 21.5. The molecule has 0 radical (unpaired) electrons. The number of phenolic OH excluding ortho intramolecular Hbond substituents is 1. The van der Waals surface area contributed by atoms with Gasteiger partial charge in [0.2, 0.25) is 0 Å². The van der Waals surface area contributed by atoms with Crippen LogP contribution in [0.25, 0.3) is 0 Å². The molecule has 5 heteroatoms. The zero-order valence-corrected chi connectivity index (χ0v) is 8.95. The van der Waals surface area contributed by atoms with Crippen LogP contribution in [-0.4, -0.2) is 23.2 Å². The maximum Gasteiger partial charge on any atom is 0.305 e. The smallest absolute Gasteiger partial charge is 0.305 e. The minimum absolute atomic E-state index is 0.0417. The summed E-state index contributed by atoms with van der Waals surface area (Å²) < 4.78 is 0. The predicted molar refractivity (Wildman–Crippen MR) is 57.2 cm³/mol. The van der Waals surface area contributed by atoms with E-state index in [9.17, 15) is 9.90 Å². The van der Waals surface area contributed by atoms with Crippen LogP contribution in [0.2, 0.25) is 5.02 Å². The van der Waals surface area contributed by atoms with Crippen molar-refractivity contribution in [2.24, 2.45) is 0 Å². The first-order valence-corrected chi connectivity index (χ1v) is 4.80. The lowest BCUT2D eigenvalue weighted by Crippen LogP contribution is -2.19. The average molecular weight is 230 g/mol. The molecule has 1 atom stereocenters. The maximum atomic E-state index is 10.6. The standard InChI is InChI=1S/C10H12ClNO3/c1-12-8(5-10(14)15)7-4-6(11)2-3-9(7)13/h2-4,8,12-13H,5H2,1H3,(H,14,15). The third-order valence-electron chi connectivity index (χ3n) is 2.09. The number of halogens is 1. The van der Waals surface area contributed by atoms with Crippen molar-refractivity contribution in [3.63, 3.8) is 0 Å². The van der Waals surface area contributed by atoms with E-state index in [-0.39, 0.29) is 12.2 Å². The summed E-state index contributed by atoms with van der Waals surface area (Å²) in [7, 11) is 1.63. The largest absolute Gasteiger partial charge is 0.508 e. The molecule has 0 aliphatic heterocycles. The van der Waals surface area contributed by atoms with E-state index in [0.717, 1.165) is 0 Å². The number of phenols is 1. The van der Waals surface area contributed by atoms with Crippen molar-refractivity contribution >= 4 is 17.6 Å². The van der Waals surface area contributed by atoms with Crippen molar-refractivity contribution < 1.29 is 15.0 Å². The van der Waals surface area contributed by atoms with Crippen LogP contribution in [0.15, 0.2) is 18.2 Å². The number of carbonyl (C=O) groups is 1. The van der Waals surface area contributed by atoms with Gasteiger partial charge in [0.1, 0.15) is 5.75 Å². The molecule has 0 heterocycles. The van der Waals surface area contributed by atoms with Gasteiger partial charge in [0.25, 0.3) is 0 Å². The molecule has 1 rings (SSSR count). The summed E-state index contributed by atoms with van der Waals surface area (Å²) in [6, 6.07) is 4.11. The molecule has 0 saturated heterocycles. The SMILES string of the molecule is CNC(CC(=O)O)c1cc(Cl)ccc1O. The molecule has 0 aliphatic carbocycles. The Kier molecular flexibility index (Phi) is 3.94. The van der Waals surface area contributed by atoms with Gasteiger partial charge in [0.05, 0.1) is 6.42 Å². The number of hydrogen-bond acceptors (Lipinski definition) is 3. The predicted octanol–water partition coefficient (Wildman–Crippen LogP) is 1.78. The average Bonchev–Trinajstić information content (AvgIpc) is 2.18. The van der Waals surface area contributed by atoms with E-state index >= 15 is 0 Å². The Bertz CT molecular complexity index is 368. The summed E-state index contributed by atoms with van der Waals surface area (Å²) in [5.41, 5.74) is 0.493. The van der Waals surface area contributed by atoms with Crippen molar-refractivity contribution in [1.29, 1.82) is 0 Å². The van der Waals surface area contributed by atoms with Crippen LogP contribution in [0.1, 0.15) is 18.0 Å². The number of aromatic hydroxyl groups is 1. The highest BCUT2D eigenvalue weighted by atomic mass is 35.5. The molecule has 1 aromatic rings. The second-order valence-corrected chi connectivity index (χ2v) is 3.58. The number of benzene rings is 1. The van der Waals surface area contributed by atoms with Gasteiger partial charge in [-0.1, -0.05) is 11.6 Å². The van der Waals surface area contributed by atoms with E-state index in [1.165, 1.54) is 6.07 Å². The number of nitrogens with one attached hydrogen (secondary N) is 1. The van der Waals surface area contributed by atoms with Crippen molar-refractivity contribution in [1.82, 2.24) is 5.32 Å². The van der Waals surface area contributed by atoms with Crippen LogP contribution < -0.4 is 5.32 Å². The van der Waals surface area contributed by atoms with Crippen molar-refractivity contribution in [3.05, 3.63) is 28.8 Å². The minimum atomic E-state index is -0.936. The van der Waals surface area contributed by atoms with E-state index in [1.54, 1.807) is 19.2 Å². The Hall–Kier alpha value is -1.26. The van der Waals surface area contributed by atoms with Gasteiger partial charge < -0.3 is 15.5 Å². The number of carboxylic acids is 1. The lowest BCUT2D eigenvalue weighted by atomic mass is 10.0. The fourth-order valence-corrected chi connectivity index (χ4v) is 1.53. The van der Waals surface area contributed by atoms with E-state index in [1.807, 2.05) is 0 Å². The molecule has 15 heavy (non-hydrogen) atoms. The van der Waals surface area contributed by atoms with Crippen LogP contribution in [0.3, 0.4) is 0 Å². The van der Waals surface area contributed by atoms with Crippen LogP contribution in [0, 0.1) is 0 Å².